The normalized spacial score (nSPS) is 13.0. The van der Waals surface area contributed by atoms with E-state index in [-0.39, 0.29) is 30.7 Å². The van der Waals surface area contributed by atoms with E-state index in [1.165, 1.54) is 0 Å². The van der Waals surface area contributed by atoms with Crippen molar-refractivity contribution in [3.63, 3.8) is 0 Å². The van der Waals surface area contributed by atoms with Gasteiger partial charge in [0.1, 0.15) is 5.82 Å². The average molecular weight is 424 g/mol. The van der Waals surface area contributed by atoms with Gasteiger partial charge in [0.25, 0.3) is 5.91 Å². The van der Waals surface area contributed by atoms with Crippen molar-refractivity contribution in [2.45, 2.75) is 0 Å². The Morgan fingerprint density at radius 2 is 1.96 bits per heavy atom. The van der Waals surface area contributed by atoms with Crippen molar-refractivity contribution in [3.05, 3.63) is 52.1 Å². The molecular weight excluding hydrogens is 406 g/mol. The number of carbonyl (C=O) groups is 1. The van der Waals surface area contributed by atoms with Gasteiger partial charge in [-0.2, -0.15) is 0 Å². The van der Waals surface area contributed by atoms with E-state index in [9.17, 15) is 4.79 Å². The smallest absolute Gasteiger partial charge is 0.255 e. The van der Waals surface area contributed by atoms with E-state index in [0.29, 0.717) is 33.9 Å². The molecule has 1 aliphatic rings. The third kappa shape index (κ3) is 5.62. The van der Waals surface area contributed by atoms with Gasteiger partial charge in [-0.15, -0.1) is 24.8 Å². The van der Waals surface area contributed by atoms with Crippen molar-refractivity contribution in [2.24, 2.45) is 5.92 Å². The summed E-state index contributed by atoms with van der Waals surface area (Å²) in [5, 5.41) is 10.1. The molecule has 9 heteroatoms. The number of hydrogen-bond acceptors (Lipinski definition) is 4. The van der Waals surface area contributed by atoms with Crippen LogP contribution in [0.2, 0.25) is 10.0 Å². The lowest BCUT2D eigenvalue weighted by Gasteiger charge is -2.27. The summed E-state index contributed by atoms with van der Waals surface area (Å²) in [5.74, 6) is 0.838. The lowest BCUT2D eigenvalue weighted by atomic mass is 10.0. The van der Waals surface area contributed by atoms with Crippen LogP contribution < -0.4 is 16.0 Å². The zero-order valence-electron chi connectivity index (χ0n) is 13.1. The third-order valence-corrected chi connectivity index (χ3v) is 4.39. The lowest BCUT2D eigenvalue weighted by molar-refractivity contribution is 0.0943. The number of benzene rings is 1. The summed E-state index contributed by atoms with van der Waals surface area (Å²) in [4.78, 5) is 16.6. The molecular formula is C16H18Cl4N4O. The molecule has 1 amide bonds. The molecule has 1 aromatic carbocycles. The minimum atomic E-state index is -0.146. The number of nitrogens with zero attached hydrogens (tertiary/aromatic N) is 1. The quantitative estimate of drug-likeness (QED) is 0.681. The molecule has 0 spiro atoms. The van der Waals surface area contributed by atoms with Crippen molar-refractivity contribution >= 4 is 65.4 Å². The Labute approximate surface area is 168 Å². The monoisotopic (exact) mass is 422 g/mol. The molecule has 5 nitrogen and oxygen atoms in total. The van der Waals surface area contributed by atoms with Crippen molar-refractivity contribution in [2.75, 3.05) is 25.0 Å². The van der Waals surface area contributed by atoms with Crippen LogP contribution in [0.5, 0.6) is 0 Å². The number of amides is 1. The Morgan fingerprint density at radius 3 is 2.60 bits per heavy atom. The fourth-order valence-corrected chi connectivity index (χ4v) is 2.52. The molecule has 2 heterocycles. The SMILES string of the molecule is Cl.Cl.O=C(NCC1CNC1)c1cccnc1Nc1ccc(Cl)c(Cl)c1. The Morgan fingerprint density at radius 1 is 1.20 bits per heavy atom. The Bertz CT molecular complexity index is 725. The molecule has 3 rings (SSSR count). The number of pyridine rings is 1. The summed E-state index contributed by atoms with van der Waals surface area (Å²) in [6, 6.07) is 8.64. The van der Waals surface area contributed by atoms with E-state index in [0.717, 1.165) is 18.8 Å². The minimum absolute atomic E-state index is 0. The maximum Gasteiger partial charge on any atom is 0.255 e. The van der Waals surface area contributed by atoms with Crippen LogP contribution in [0.4, 0.5) is 11.5 Å². The van der Waals surface area contributed by atoms with Crippen LogP contribution in [0.3, 0.4) is 0 Å². The van der Waals surface area contributed by atoms with Gasteiger partial charge in [0.2, 0.25) is 0 Å². The van der Waals surface area contributed by atoms with Crippen molar-refractivity contribution < 1.29 is 4.79 Å². The van der Waals surface area contributed by atoms with Crippen LogP contribution in [0, 0.1) is 5.92 Å². The topological polar surface area (TPSA) is 66.0 Å². The van der Waals surface area contributed by atoms with Gasteiger partial charge in [-0.1, -0.05) is 23.2 Å². The first-order chi connectivity index (χ1) is 11.1. The molecule has 1 aromatic heterocycles. The van der Waals surface area contributed by atoms with Crippen LogP contribution in [0.1, 0.15) is 10.4 Å². The third-order valence-electron chi connectivity index (χ3n) is 3.65. The summed E-state index contributed by atoms with van der Waals surface area (Å²) in [6.45, 7) is 2.55. The second kappa shape index (κ2) is 10.0. The molecule has 1 fully saturated rings. The minimum Gasteiger partial charge on any atom is -0.352 e. The Kier molecular flexibility index (Phi) is 8.76. The first-order valence-electron chi connectivity index (χ1n) is 7.29. The molecule has 3 N–H and O–H groups in total. The summed E-state index contributed by atoms with van der Waals surface area (Å²) >= 11 is 11.9. The molecule has 0 aliphatic carbocycles. The molecule has 136 valence electrons. The zero-order valence-corrected chi connectivity index (χ0v) is 16.2. The van der Waals surface area contributed by atoms with Crippen LogP contribution in [0.25, 0.3) is 0 Å². The van der Waals surface area contributed by atoms with Crippen molar-refractivity contribution in [1.82, 2.24) is 15.6 Å². The van der Waals surface area contributed by atoms with Gasteiger partial charge in [0.15, 0.2) is 0 Å². The molecule has 2 aromatic rings. The van der Waals surface area contributed by atoms with Gasteiger partial charge in [0, 0.05) is 37.4 Å². The number of hydrogen-bond donors (Lipinski definition) is 3. The summed E-state index contributed by atoms with van der Waals surface area (Å²) < 4.78 is 0. The second-order valence-corrected chi connectivity index (χ2v) is 6.20. The Balaban J connectivity index is 0.00000156. The van der Waals surface area contributed by atoms with Crippen LogP contribution in [0.15, 0.2) is 36.5 Å². The largest absolute Gasteiger partial charge is 0.352 e. The van der Waals surface area contributed by atoms with E-state index >= 15 is 0 Å². The predicted molar refractivity (Wildman–Crippen MR) is 107 cm³/mol. The van der Waals surface area contributed by atoms with Gasteiger partial charge in [-0.25, -0.2) is 4.98 Å². The summed E-state index contributed by atoms with van der Waals surface area (Å²) in [7, 11) is 0. The zero-order chi connectivity index (χ0) is 16.2. The fraction of sp³-hybridized carbons (Fsp3) is 0.250. The number of halogens is 4. The fourth-order valence-electron chi connectivity index (χ4n) is 2.22. The van der Waals surface area contributed by atoms with E-state index < -0.39 is 0 Å². The number of carbonyl (C=O) groups excluding carboxylic acids is 1. The number of rotatable bonds is 5. The standard InChI is InChI=1S/C16H16Cl2N4O.2ClH/c17-13-4-3-11(6-14(13)18)22-15-12(2-1-5-20-15)16(23)21-9-10-7-19-8-10;;/h1-6,10,19H,7-9H2,(H,20,22)(H,21,23);2*1H. The van der Waals surface area contributed by atoms with Crippen LogP contribution in [-0.2, 0) is 0 Å². The van der Waals surface area contributed by atoms with E-state index in [1.54, 1.807) is 36.5 Å². The molecule has 1 saturated heterocycles. The molecule has 0 radical (unpaired) electrons. The van der Waals surface area contributed by atoms with E-state index in [1.807, 2.05) is 0 Å². The van der Waals surface area contributed by atoms with Gasteiger partial charge in [0.05, 0.1) is 15.6 Å². The first-order valence-corrected chi connectivity index (χ1v) is 8.05. The number of aromatic nitrogens is 1. The molecule has 0 saturated carbocycles. The van der Waals surface area contributed by atoms with Crippen molar-refractivity contribution in [3.8, 4) is 0 Å². The molecule has 0 atom stereocenters. The van der Waals surface area contributed by atoms with E-state index in [4.69, 9.17) is 23.2 Å². The van der Waals surface area contributed by atoms with Gasteiger partial charge < -0.3 is 16.0 Å². The van der Waals surface area contributed by atoms with Gasteiger partial charge in [-0.3, -0.25) is 4.79 Å². The molecule has 1 aliphatic heterocycles. The molecule has 0 bridgehead atoms. The van der Waals surface area contributed by atoms with Crippen molar-refractivity contribution in [1.29, 1.82) is 0 Å². The predicted octanol–water partition coefficient (Wildman–Crippen LogP) is 3.92. The molecule has 0 unspecified atom stereocenters. The first kappa shape index (κ1) is 21.8. The van der Waals surface area contributed by atoms with Crippen LogP contribution >= 0.6 is 48.0 Å². The Hall–Kier alpha value is -1.24. The number of anilines is 2. The van der Waals surface area contributed by atoms with Gasteiger partial charge in [-0.05, 0) is 30.3 Å². The maximum atomic E-state index is 12.4. The van der Waals surface area contributed by atoms with Crippen LogP contribution in [-0.4, -0.2) is 30.5 Å². The second-order valence-electron chi connectivity index (χ2n) is 5.39. The maximum absolute atomic E-state index is 12.4. The highest BCUT2D eigenvalue weighted by Crippen LogP contribution is 2.27. The van der Waals surface area contributed by atoms with Gasteiger partial charge >= 0.3 is 0 Å². The molecule has 25 heavy (non-hydrogen) atoms. The highest BCUT2D eigenvalue weighted by Gasteiger charge is 2.19. The average Bonchev–Trinajstić information content (AvgIpc) is 2.50. The summed E-state index contributed by atoms with van der Waals surface area (Å²) in [6.07, 6.45) is 1.63. The summed E-state index contributed by atoms with van der Waals surface area (Å²) in [5.41, 5.74) is 1.21. The highest BCUT2D eigenvalue weighted by molar-refractivity contribution is 6.42. The lowest BCUT2D eigenvalue weighted by Crippen LogP contribution is -2.48. The number of nitrogens with one attached hydrogen (secondary N) is 3. The van der Waals surface area contributed by atoms with E-state index in [2.05, 4.69) is 20.9 Å². The highest BCUT2D eigenvalue weighted by atomic mass is 35.5.